The molecule has 0 radical (unpaired) electrons. The Hall–Kier alpha value is 0.230. The number of halogens is 2. The molecule has 0 aromatic carbocycles. The minimum absolute atomic E-state index is 0. The standard InChI is InChI=1S/C12H24BrNO2.BrH/c1-2-3-4-5-6-7-8-9-10-11(13)14-12(15)16;/h11,14H,2-10H2,1H3,(H,15,16);1H. The van der Waals surface area contributed by atoms with Crippen LogP contribution in [0.5, 0.6) is 0 Å². The molecule has 0 fully saturated rings. The van der Waals surface area contributed by atoms with E-state index in [4.69, 9.17) is 5.11 Å². The molecule has 5 heteroatoms. The third-order valence-corrected chi connectivity index (χ3v) is 3.28. The van der Waals surface area contributed by atoms with Gasteiger partial charge >= 0.3 is 6.09 Å². The summed E-state index contributed by atoms with van der Waals surface area (Å²) in [6.07, 6.45) is 10.2. The molecule has 0 aromatic rings. The lowest BCUT2D eigenvalue weighted by Gasteiger charge is -2.08. The van der Waals surface area contributed by atoms with Crippen LogP contribution < -0.4 is 5.32 Å². The first-order valence-electron chi connectivity index (χ1n) is 6.30. The van der Waals surface area contributed by atoms with Crippen molar-refractivity contribution < 1.29 is 9.90 Å². The van der Waals surface area contributed by atoms with Crippen LogP contribution in [0.1, 0.15) is 64.7 Å². The van der Waals surface area contributed by atoms with Crippen LogP contribution in [0.4, 0.5) is 4.79 Å². The molecule has 0 aliphatic carbocycles. The predicted molar refractivity (Wildman–Crippen MR) is 81.4 cm³/mol. The average molecular weight is 375 g/mol. The second kappa shape index (κ2) is 14.3. The van der Waals surface area contributed by atoms with Crippen molar-refractivity contribution >= 4 is 39.0 Å². The second-order valence-electron chi connectivity index (χ2n) is 4.18. The van der Waals surface area contributed by atoms with Gasteiger partial charge < -0.3 is 10.4 Å². The molecule has 0 heterocycles. The van der Waals surface area contributed by atoms with E-state index < -0.39 is 6.09 Å². The summed E-state index contributed by atoms with van der Waals surface area (Å²) in [6.45, 7) is 2.23. The number of rotatable bonds is 10. The van der Waals surface area contributed by atoms with E-state index in [0.29, 0.717) is 0 Å². The second-order valence-corrected chi connectivity index (χ2v) is 5.29. The number of unbranched alkanes of at least 4 members (excludes halogenated alkanes) is 7. The fourth-order valence-electron chi connectivity index (χ4n) is 1.66. The van der Waals surface area contributed by atoms with Gasteiger partial charge in [-0.1, -0.05) is 74.2 Å². The number of hydrogen-bond donors (Lipinski definition) is 2. The third kappa shape index (κ3) is 16.2. The Morgan fingerprint density at radius 3 is 2.06 bits per heavy atom. The van der Waals surface area contributed by atoms with Crippen molar-refractivity contribution in [2.45, 2.75) is 69.7 Å². The van der Waals surface area contributed by atoms with Gasteiger partial charge in [0, 0.05) is 0 Å². The summed E-state index contributed by atoms with van der Waals surface area (Å²) in [7, 11) is 0. The van der Waals surface area contributed by atoms with Gasteiger partial charge in [-0.2, -0.15) is 0 Å². The average Bonchev–Trinajstić information content (AvgIpc) is 2.21. The number of nitrogens with one attached hydrogen (secondary N) is 1. The summed E-state index contributed by atoms with van der Waals surface area (Å²) in [5.74, 6) is 0. The Kier molecular flexibility index (Phi) is 16.4. The molecule has 1 amide bonds. The minimum atomic E-state index is -0.957. The molecule has 1 unspecified atom stereocenters. The number of hydrogen-bond acceptors (Lipinski definition) is 1. The third-order valence-electron chi connectivity index (χ3n) is 2.59. The lowest BCUT2D eigenvalue weighted by Crippen LogP contribution is -2.28. The van der Waals surface area contributed by atoms with E-state index in [1.165, 1.54) is 44.9 Å². The Morgan fingerprint density at radius 1 is 1.12 bits per heavy atom. The molecule has 0 aliphatic heterocycles. The van der Waals surface area contributed by atoms with Crippen LogP contribution in [0.25, 0.3) is 0 Å². The van der Waals surface area contributed by atoms with E-state index in [1.54, 1.807) is 0 Å². The molecule has 0 spiro atoms. The van der Waals surface area contributed by atoms with Crippen molar-refractivity contribution in [2.24, 2.45) is 0 Å². The molecule has 1 atom stereocenters. The summed E-state index contributed by atoms with van der Waals surface area (Å²) in [6, 6.07) is 0. The fraction of sp³-hybridized carbons (Fsp3) is 0.917. The zero-order valence-corrected chi connectivity index (χ0v) is 13.9. The van der Waals surface area contributed by atoms with Gasteiger partial charge in [0.25, 0.3) is 0 Å². The minimum Gasteiger partial charge on any atom is -0.465 e. The maximum absolute atomic E-state index is 10.3. The van der Waals surface area contributed by atoms with Crippen LogP contribution in [0, 0.1) is 0 Å². The lowest BCUT2D eigenvalue weighted by atomic mass is 10.1. The van der Waals surface area contributed by atoms with E-state index in [2.05, 4.69) is 28.2 Å². The Labute approximate surface area is 124 Å². The van der Waals surface area contributed by atoms with Crippen molar-refractivity contribution in [2.75, 3.05) is 0 Å². The highest BCUT2D eigenvalue weighted by molar-refractivity contribution is 9.09. The first-order valence-corrected chi connectivity index (χ1v) is 7.22. The monoisotopic (exact) mass is 373 g/mol. The fourth-order valence-corrected chi connectivity index (χ4v) is 2.18. The smallest absolute Gasteiger partial charge is 0.405 e. The Balaban J connectivity index is 0. The molecule has 0 aromatic heterocycles. The number of amides is 1. The highest BCUT2D eigenvalue weighted by Crippen LogP contribution is 2.12. The lowest BCUT2D eigenvalue weighted by molar-refractivity contribution is 0.193. The molecule has 0 aliphatic rings. The van der Waals surface area contributed by atoms with Crippen LogP contribution in [0.3, 0.4) is 0 Å². The largest absolute Gasteiger partial charge is 0.465 e. The van der Waals surface area contributed by atoms with E-state index in [0.717, 1.165) is 12.8 Å². The van der Waals surface area contributed by atoms with Crippen LogP contribution in [0.2, 0.25) is 0 Å². The van der Waals surface area contributed by atoms with Gasteiger partial charge in [-0.25, -0.2) is 4.79 Å². The van der Waals surface area contributed by atoms with E-state index in [9.17, 15) is 4.79 Å². The van der Waals surface area contributed by atoms with Crippen LogP contribution in [-0.4, -0.2) is 16.2 Å². The maximum Gasteiger partial charge on any atom is 0.405 e. The van der Waals surface area contributed by atoms with Crippen molar-refractivity contribution in [1.29, 1.82) is 0 Å². The molecular formula is C12H25Br2NO2. The van der Waals surface area contributed by atoms with Gasteiger partial charge in [0.2, 0.25) is 0 Å². The van der Waals surface area contributed by atoms with Gasteiger partial charge in [0.15, 0.2) is 0 Å². The van der Waals surface area contributed by atoms with E-state index >= 15 is 0 Å². The number of carbonyl (C=O) groups is 1. The van der Waals surface area contributed by atoms with Gasteiger partial charge in [0.05, 0.1) is 4.95 Å². The van der Waals surface area contributed by atoms with Gasteiger partial charge in [-0.05, 0) is 6.42 Å². The highest BCUT2D eigenvalue weighted by atomic mass is 79.9. The van der Waals surface area contributed by atoms with E-state index in [1.807, 2.05) is 0 Å². The SMILES string of the molecule is Br.CCCCCCCCCCC(Br)NC(=O)O. The van der Waals surface area contributed by atoms with Crippen molar-refractivity contribution in [1.82, 2.24) is 5.32 Å². The summed E-state index contributed by atoms with van der Waals surface area (Å²) in [4.78, 5) is 10.2. The van der Waals surface area contributed by atoms with Crippen molar-refractivity contribution in [3.05, 3.63) is 0 Å². The molecule has 0 bridgehead atoms. The summed E-state index contributed by atoms with van der Waals surface area (Å²) >= 11 is 3.29. The Bertz CT molecular complexity index is 180. The molecule has 0 saturated carbocycles. The summed E-state index contributed by atoms with van der Waals surface area (Å²) < 4.78 is 0. The molecule has 0 rings (SSSR count). The highest BCUT2D eigenvalue weighted by Gasteiger charge is 2.05. The normalized spacial score (nSPS) is 11.6. The topological polar surface area (TPSA) is 49.3 Å². The van der Waals surface area contributed by atoms with Crippen molar-refractivity contribution in [3.63, 3.8) is 0 Å². The summed E-state index contributed by atoms with van der Waals surface area (Å²) in [5, 5.41) is 10.9. The van der Waals surface area contributed by atoms with Crippen LogP contribution in [-0.2, 0) is 0 Å². The van der Waals surface area contributed by atoms with Crippen molar-refractivity contribution in [3.8, 4) is 0 Å². The maximum atomic E-state index is 10.3. The first-order chi connectivity index (χ1) is 7.66. The van der Waals surface area contributed by atoms with Gasteiger partial charge in [-0.15, -0.1) is 17.0 Å². The quantitative estimate of drug-likeness (QED) is 0.318. The molecule has 3 nitrogen and oxygen atoms in total. The van der Waals surface area contributed by atoms with E-state index in [-0.39, 0.29) is 21.9 Å². The molecular weight excluding hydrogens is 350 g/mol. The molecule has 0 saturated heterocycles. The Morgan fingerprint density at radius 2 is 1.59 bits per heavy atom. The predicted octanol–water partition coefficient (Wildman–Crippen LogP) is 5.08. The molecule has 17 heavy (non-hydrogen) atoms. The molecule has 104 valence electrons. The van der Waals surface area contributed by atoms with Gasteiger partial charge in [-0.3, -0.25) is 0 Å². The summed E-state index contributed by atoms with van der Waals surface area (Å²) in [5.41, 5.74) is 0. The van der Waals surface area contributed by atoms with Gasteiger partial charge in [0.1, 0.15) is 0 Å². The zero-order valence-electron chi connectivity index (χ0n) is 10.6. The van der Waals surface area contributed by atoms with Crippen LogP contribution in [0.15, 0.2) is 0 Å². The number of carboxylic acid groups (broad SMARTS) is 1. The molecule has 2 N–H and O–H groups in total. The van der Waals surface area contributed by atoms with Crippen LogP contribution >= 0.6 is 32.9 Å². The zero-order chi connectivity index (χ0) is 12.2. The number of alkyl halides is 1. The first kappa shape index (κ1) is 19.6.